The van der Waals surface area contributed by atoms with Gasteiger partial charge in [-0.2, -0.15) is 0 Å². The Morgan fingerprint density at radius 3 is 2.80 bits per heavy atom. The molecule has 0 spiro atoms. The van der Waals surface area contributed by atoms with Crippen LogP contribution in [0.2, 0.25) is 0 Å². The molecule has 0 saturated heterocycles. The van der Waals surface area contributed by atoms with Crippen LogP contribution in [0.5, 0.6) is 5.75 Å². The molecule has 0 bridgehead atoms. The number of nitrogens with zero attached hydrogens (tertiary/aromatic N) is 1. The van der Waals surface area contributed by atoms with E-state index in [1.54, 1.807) is 26.4 Å². The highest BCUT2D eigenvalue weighted by Crippen LogP contribution is 2.27. The summed E-state index contributed by atoms with van der Waals surface area (Å²) in [4.78, 5) is 4.13. The molecule has 1 aromatic heterocycles. The molecule has 0 saturated carbocycles. The second-order valence-electron chi connectivity index (χ2n) is 4.38. The number of aromatic nitrogens is 1. The molecule has 1 aromatic carbocycles. The number of hydrogen-bond acceptors (Lipinski definition) is 3. The Hall–Kier alpha value is -1.46. The molecule has 0 fully saturated rings. The van der Waals surface area contributed by atoms with Crippen molar-refractivity contribution in [3.63, 3.8) is 0 Å². The van der Waals surface area contributed by atoms with Crippen LogP contribution in [0.4, 0.5) is 4.39 Å². The zero-order valence-electron chi connectivity index (χ0n) is 11.4. The number of ether oxygens (including phenoxy) is 1. The van der Waals surface area contributed by atoms with Gasteiger partial charge in [0.2, 0.25) is 0 Å². The Morgan fingerprint density at radius 2 is 2.20 bits per heavy atom. The molecule has 0 radical (unpaired) electrons. The van der Waals surface area contributed by atoms with Crippen LogP contribution in [0.3, 0.4) is 0 Å². The van der Waals surface area contributed by atoms with E-state index in [9.17, 15) is 4.39 Å². The van der Waals surface area contributed by atoms with Crippen LogP contribution in [-0.2, 0) is 6.42 Å². The first-order chi connectivity index (χ1) is 9.65. The molecule has 0 aliphatic rings. The summed E-state index contributed by atoms with van der Waals surface area (Å²) in [5.41, 5.74) is 1.50. The van der Waals surface area contributed by atoms with Crippen molar-refractivity contribution < 1.29 is 9.13 Å². The third-order valence-corrected chi connectivity index (χ3v) is 3.74. The predicted octanol–water partition coefficient (Wildman–Crippen LogP) is 3.50. The Balaban J connectivity index is 2.23. The summed E-state index contributed by atoms with van der Waals surface area (Å²) in [6.45, 7) is 0. The molecular formula is C15H16BrFN2O. The molecule has 1 atom stereocenters. The van der Waals surface area contributed by atoms with E-state index < -0.39 is 0 Å². The molecule has 0 aliphatic heterocycles. The van der Waals surface area contributed by atoms with Crippen molar-refractivity contribution >= 4 is 15.9 Å². The lowest BCUT2D eigenvalue weighted by Crippen LogP contribution is -2.21. The summed E-state index contributed by atoms with van der Waals surface area (Å²) < 4.78 is 19.9. The lowest BCUT2D eigenvalue weighted by molar-refractivity contribution is 0.412. The summed E-state index contributed by atoms with van der Waals surface area (Å²) in [6.07, 6.45) is 2.25. The van der Waals surface area contributed by atoms with E-state index >= 15 is 0 Å². The minimum atomic E-state index is -0.292. The number of hydrogen-bond donors (Lipinski definition) is 1. The van der Waals surface area contributed by atoms with Crippen molar-refractivity contribution in [2.24, 2.45) is 0 Å². The monoisotopic (exact) mass is 338 g/mol. The first-order valence-electron chi connectivity index (χ1n) is 6.25. The van der Waals surface area contributed by atoms with E-state index in [2.05, 4.69) is 26.2 Å². The molecule has 0 aliphatic carbocycles. The van der Waals surface area contributed by atoms with Gasteiger partial charge in [0.1, 0.15) is 11.6 Å². The van der Waals surface area contributed by atoms with E-state index in [1.165, 1.54) is 6.07 Å². The topological polar surface area (TPSA) is 34.1 Å². The maximum absolute atomic E-state index is 13.8. The summed E-state index contributed by atoms with van der Waals surface area (Å²) in [6, 6.07) is 8.68. The van der Waals surface area contributed by atoms with Crippen LogP contribution < -0.4 is 10.1 Å². The number of rotatable bonds is 5. The van der Waals surface area contributed by atoms with Crippen molar-refractivity contribution in [3.8, 4) is 5.75 Å². The molecule has 0 amide bonds. The number of halogens is 2. The maximum Gasteiger partial charge on any atom is 0.146 e. The third kappa shape index (κ3) is 3.35. The number of benzene rings is 1. The molecule has 20 heavy (non-hydrogen) atoms. The number of likely N-dealkylation sites (N-methyl/N-ethyl adjacent to an activating group) is 1. The molecule has 3 nitrogen and oxygen atoms in total. The Bertz CT molecular complexity index is 592. The van der Waals surface area contributed by atoms with Crippen molar-refractivity contribution in [2.45, 2.75) is 12.5 Å². The van der Waals surface area contributed by atoms with Gasteiger partial charge in [0.15, 0.2) is 0 Å². The van der Waals surface area contributed by atoms with Crippen LogP contribution in [-0.4, -0.2) is 19.1 Å². The third-order valence-electron chi connectivity index (χ3n) is 3.12. The maximum atomic E-state index is 13.8. The molecule has 1 unspecified atom stereocenters. The summed E-state index contributed by atoms with van der Waals surface area (Å²) in [7, 11) is 3.43. The number of methoxy groups -OCH3 is 1. The fourth-order valence-corrected chi connectivity index (χ4v) is 2.65. The minimum absolute atomic E-state index is 0.170. The van der Waals surface area contributed by atoms with Gasteiger partial charge >= 0.3 is 0 Å². The summed E-state index contributed by atoms with van der Waals surface area (Å²) in [5, 5.41) is 3.11. The standard InChI is InChI=1S/C15H16BrFN2O/c1-18-13(15-12(17)4-3-7-19-15)9-10-5-6-14(20-2)11(16)8-10/h3-8,13,18H,9H2,1-2H3. The van der Waals surface area contributed by atoms with Crippen LogP contribution in [0.1, 0.15) is 17.3 Å². The van der Waals surface area contributed by atoms with Gasteiger partial charge in [-0.3, -0.25) is 4.98 Å². The Labute approximate surface area is 126 Å². The molecule has 1 heterocycles. The van der Waals surface area contributed by atoms with E-state index in [-0.39, 0.29) is 11.9 Å². The number of nitrogens with one attached hydrogen (secondary N) is 1. The molecular weight excluding hydrogens is 323 g/mol. The average molecular weight is 339 g/mol. The number of pyridine rings is 1. The molecule has 2 aromatic rings. The van der Waals surface area contributed by atoms with E-state index in [1.807, 2.05) is 18.2 Å². The van der Waals surface area contributed by atoms with E-state index in [4.69, 9.17) is 4.74 Å². The SMILES string of the molecule is CNC(Cc1ccc(OC)c(Br)c1)c1ncccc1F. The molecule has 1 N–H and O–H groups in total. The van der Waals surface area contributed by atoms with Crippen LogP contribution >= 0.6 is 15.9 Å². The first kappa shape index (κ1) is 14.9. The first-order valence-corrected chi connectivity index (χ1v) is 7.05. The highest BCUT2D eigenvalue weighted by molar-refractivity contribution is 9.10. The quantitative estimate of drug-likeness (QED) is 0.905. The zero-order valence-corrected chi connectivity index (χ0v) is 12.9. The minimum Gasteiger partial charge on any atom is -0.496 e. The Kier molecular flexibility index (Phi) is 5.09. The molecule has 106 valence electrons. The normalized spacial score (nSPS) is 12.2. The second-order valence-corrected chi connectivity index (χ2v) is 5.24. The van der Waals surface area contributed by atoms with Gasteiger partial charge in [0.05, 0.1) is 23.3 Å². The fraction of sp³-hybridized carbons (Fsp3) is 0.267. The molecule has 2 rings (SSSR count). The van der Waals surface area contributed by atoms with Gasteiger partial charge in [0, 0.05) is 6.20 Å². The lowest BCUT2D eigenvalue weighted by atomic mass is 10.0. The summed E-state index contributed by atoms with van der Waals surface area (Å²) in [5.74, 6) is 0.484. The lowest BCUT2D eigenvalue weighted by Gasteiger charge is -2.17. The largest absolute Gasteiger partial charge is 0.496 e. The van der Waals surface area contributed by atoms with Crippen LogP contribution in [0.25, 0.3) is 0 Å². The van der Waals surface area contributed by atoms with Crippen LogP contribution in [0.15, 0.2) is 41.0 Å². The van der Waals surface area contributed by atoms with Crippen molar-refractivity contribution in [3.05, 3.63) is 58.1 Å². The highest BCUT2D eigenvalue weighted by Gasteiger charge is 2.16. The summed E-state index contributed by atoms with van der Waals surface area (Å²) >= 11 is 3.45. The van der Waals surface area contributed by atoms with Crippen LogP contribution in [0, 0.1) is 5.82 Å². The van der Waals surface area contributed by atoms with Crippen molar-refractivity contribution in [2.75, 3.05) is 14.2 Å². The predicted molar refractivity (Wildman–Crippen MR) is 80.4 cm³/mol. The van der Waals surface area contributed by atoms with Gasteiger partial charge in [-0.25, -0.2) is 4.39 Å². The van der Waals surface area contributed by atoms with Crippen molar-refractivity contribution in [1.82, 2.24) is 10.3 Å². The van der Waals surface area contributed by atoms with Gasteiger partial charge in [-0.1, -0.05) is 6.07 Å². The van der Waals surface area contributed by atoms with Gasteiger partial charge in [-0.05, 0) is 59.2 Å². The highest BCUT2D eigenvalue weighted by atomic mass is 79.9. The molecule has 5 heteroatoms. The van der Waals surface area contributed by atoms with E-state index in [0.717, 1.165) is 15.8 Å². The van der Waals surface area contributed by atoms with E-state index in [0.29, 0.717) is 12.1 Å². The van der Waals surface area contributed by atoms with Gasteiger partial charge in [-0.15, -0.1) is 0 Å². The Morgan fingerprint density at radius 1 is 1.40 bits per heavy atom. The smallest absolute Gasteiger partial charge is 0.146 e. The zero-order chi connectivity index (χ0) is 14.5. The fourth-order valence-electron chi connectivity index (χ4n) is 2.06. The average Bonchev–Trinajstić information content (AvgIpc) is 2.46. The van der Waals surface area contributed by atoms with Gasteiger partial charge < -0.3 is 10.1 Å². The van der Waals surface area contributed by atoms with Crippen molar-refractivity contribution in [1.29, 1.82) is 0 Å². The van der Waals surface area contributed by atoms with Gasteiger partial charge in [0.25, 0.3) is 0 Å². The second kappa shape index (κ2) is 6.81.